The van der Waals surface area contributed by atoms with Gasteiger partial charge in [-0.05, 0) is 54.8 Å². The maximum atomic E-state index is 13.3. The molecule has 6 heteroatoms. The number of nitrogens with one attached hydrogen (secondary N) is 1. The van der Waals surface area contributed by atoms with Crippen molar-refractivity contribution >= 4 is 28.5 Å². The van der Waals surface area contributed by atoms with Crippen LogP contribution >= 0.6 is 0 Å². The fourth-order valence-corrected chi connectivity index (χ4v) is 4.03. The second-order valence-electron chi connectivity index (χ2n) is 7.30. The summed E-state index contributed by atoms with van der Waals surface area (Å²) in [7, 11) is 0. The number of carbonyl (C=O) groups is 2. The van der Waals surface area contributed by atoms with Crippen LogP contribution in [0.5, 0.6) is 0 Å². The number of amides is 1. The Kier molecular flexibility index (Phi) is 5.25. The van der Waals surface area contributed by atoms with Crippen LogP contribution in [0.15, 0.2) is 60.8 Å². The van der Waals surface area contributed by atoms with Crippen LogP contribution in [0.2, 0.25) is 0 Å². The summed E-state index contributed by atoms with van der Waals surface area (Å²) >= 11 is 0. The van der Waals surface area contributed by atoms with Gasteiger partial charge in [-0.1, -0.05) is 31.0 Å². The molecular formula is C23H21FN2O3. The van der Waals surface area contributed by atoms with Crippen LogP contribution in [0.4, 0.5) is 10.1 Å². The van der Waals surface area contributed by atoms with Crippen molar-refractivity contribution in [1.82, 2.24) is 4.98 Å². The average molecular weight is 392 g/mol. The maximum absolute atomic E-state index is 13.3. The van der Waals surface area contributed by atoms with Crippen molar-refractivity contribution in [3.05, 3.63) is 72.2 Å². The van der Waals surface area contributed by atoms with Crippen LogP contribution in [-0.4, -0.2) is 23.5 Å². The third kappa shape index (κ3) is 3.83. The Labute approximate surface area is 167 Å². The number of hydrogen-bond donors (Lipinski definition) is 1. The SMILES string of the molecule is O=C(COC(=O)C1(c2ccc(F)cc2)CCCC1)Nc1cccc2ncccc12. The number of fused-ring (bicyclic) bond motifs is 1. The summed E-state index contributed by atoms with van der Waals surface area (Å²) in [5.41, 5.74) is 1.31. The van der Waals surface area contributed by atoms with Gasteiger partial charge >= 0.3 is 5.97 Å². The summed E-state index contributed by atoms with van der Waals surface area (Å²) < 4.78 is 18.7. The van der Waals surface area contributed by atoms with E-state index < -0.39 is 17.3 Å². The highest BCUT2D eigenvalue weighted by atomic mass is 19.1. The predicted molar refractivity (Wildman–Crippen MR) is 108 cm³/mol. The average Bonchev–Trinajstić information content (AvgIpc) is 3.24. The second-order valence-corrected chi connectivity index (χ2v) is 7.30. The molecule has 1 aliphatic rings. The zero-order valence-electron chi connectivity index (χ0n) is 15.9. The summed E-state index contributed by atoms with van der Waals surface area (Å²) in [6.45, 7) is -0.377. The maximum Gasteiger partial charge on any atom is 0.317 e. The van der Waals surface area contributed by atoms with Crippen LogP contribution in [-0.2, 0) is 19.7 Å². The minimum absolute atomic E-state index is 0.348. The third-order valence-corrected chi connectivity index (χ3v) is 5.50. The van der Waals surface area contributed by atoms with Gasteiger partial charge in [-0.2, -0.15) is 0 Å². The number of carbonyl (C=O) groups excluding carboxylic acids is 2. The summed E-state index contributed by atoms with van der Waals surface area (Å²) in [6, 6.07) is 15.1. The summed E-state index contributed by atoms with van der Waals surface area (Å²) in [4.78, 5) is 29.6. The quantitative estimate of drug-likeness (QED) is 0.655. The lowest BCUT2D eigenvalue weighted by atomic mass is 9.79. The Morgan fingerprint density at radius 3 is 2.55 bits per heavy atom. The van der Waals surface area contributed by atoms with Crippen LogP contribution in [0.3, 0.4) is 0 Å². The fraction of sp³-hybridized carbons (Fsp3) is 0.261. The van der Waals surface area contributed by atoms with Crippen LogP contribution in [0.25, 0.3) is 10.9 Å². The zero-order chi connectivity index (χ0) is 20.3. The number of pyridine rings is 1. The molecule has 148 valence electrons. The second kappa shape index (κ2) is 7.99. The Morgan fingerprint density at radius 1 is 1.03 bits per heavy atom. The van der Waals surface area contributed by atoms with E-state index >= 15 is 0 Å². The number of halogens is 1. The van der Waals surface area contributed by atoms with Crippen LogP contribution in [0, 0.1) is 5.82 Å². The summed E-state index contributed by atoms with van der Waals surface area (Å²) in [6.07, 6.45) is 4.73. The lowest BCUT2D eigenvalue weighted by Gasteiger charge is -2.27. The molecule has 1 aromatic heterocycles. The molecule has 1 N–H and O–H groups in total. The molecule has 0 saturated heterocycles. The summed E-state index contributed by atoms with van der Waals surface area (Å²) in [5, 5.41) is 3.60. The Bertz CT molecular complexity index is 1040. The van der Waals surface area contributed by atoms with Gasteiger partial charge in [0.05, 0.1) is 16.6 Å². The van der Waals surface area contributed by atoms with E-state index in [0.717, 1.165) is 29.3 Å². The van der Waals surface area contributed by atoms with Crippen molar-refractivity contribution in [2.45, 2.75) is 31.1 Å². The predicted octanol–water partition coefficient (Wildman–Crippen LogP) is 4.37. The van der Waals surface area contributed by atoms with E-state index in [9.17, 15) is 14.0 Å². The number of nitrogens with zero attached hydrogens (tertiary/aromatic N) is 1. The van der Waals surface area contributed by atoms with Crippen LogP contribution < -0.4 is 5.32 Å². The first kappa shape index (κ1) is 19.1. The van der Waals surface area contributed by atoms with Crippen molar-refractivity contribution in [2.75, 3.05) is 11.9 Å². The molecule has 0 atom stereocenters. The topological polar surface area (TPSA) is 68.3 Å². The van der Waals surface area contributed by atoms with Crippen molar-refractivity contribution in [3.63, 3.8) is 0 Å². The molecule has 1 fully saturated rings. The molecule has 0 aliphatic heterocycles. The number of benzene rings is 2. The molecule has 2 aromatic carbocycles. The molecule has 0 spiro atoms. The normalized spacial score (nSPS) is 15.2. The minimum atomic E-state index is -0.808. The van der Waals surface area contributed by atoms with Gasteiger partial charge in [-0.15, -0.1) is 0 Å². The summed E-state index contributed by atoms with van der Waals surface area (Å²) in [5.74, 6) is -1.20. The van der Waals surface area contributed by atoms with Gasteiger partial charge in [0.2, 0.25) is 0 Å². The van der Waals surface area contributed by atoms with Gasteiger partial charge in [-0.3, -0.25) is 14.6 Å². The van der Waals surface area contributed by atoms with E-state index in [2.05, 4.69) is 10.3 Å². The van der Waals surface area contributed by atoms with Crippen molar-refractivity contribution in [1.29, 1.82) is 0 Å². The molecule has 5 nitrogen and oxygen atoms in total. The molecule has 0 unspecified atom stereocenters. The first-order chi connectivity index (χ1) is 14.1. The molecule has 4 rings (SSSR count). The van der Waals surface area contributed by atoms with E-state index in [1.165, 1.54) is 12.1 Å². The number of rotatable bonds is 5. The number of esters is 1. The van der Waals surface area contributed by atoms with E-state index in [4.69, 9.17) is 4.74 Å². The first-order valence-corrected chi connectivity index (χ1v) is 9.65. The lowest BCUT2D eigenvalue weighted by molar-refractivity contribution is -0.153. The van der Waals surface area contributed by atoms with E-state index in [-0.39, 0.29) is 12.4 Å². The molecule has 1 saturated carbocycles. The van der Waals surface area contributed by atoms with E-state index in [0.29, 0.717) is 18.5 Å². The van der Waals surface area contributed by atoms with Crippen LogP contribution in [0.1, 0.15) is 31.2 Å². The standard InChI is InChI=1S/C23H21FN2O3/c24-17-10-8-16(9-11-17)23(12-1-2-13-23)22(28)29-15-21(27)26-20-7-3-6-19-18(20)5-4-14-25-19/h3-11,14H,1-2,12-13,15H2,(H,26,27). The minimum Gasteiger partial charge on any atom is -0.455 e. The smallest absolute Gasteiger partial charge is 0.317 e. The van der Waals surface area contributed by atoms with Crippen molar-refractivity contribution in [3.8, 4) is 0 Å². The molecule has 0 radical (unpaired) electrons. The highest BCUT2D eigenvalue weighted by Crippen LogP contribution is 2.42. The van der Waals surface area contributed by atoms with Gasteiger partial charge in [0.25, 0.3) is 5.91 Å². The highest BCUT2D eigenvalue weighted by molar-refractivity contribution is 6.02. The number of aromatic nitrogens is 1. The van der Waals surface area contributed by atoms with Gasteiger partial charge in [0.15, 0.2) is 6.61 Å². The van der Waals surface area contributed by atoms with E-state index in [1.807, 2.05) is 12.1 Å². The van der Waals surface area contributed by atoms with Gasteiger partial charge in [0, 0.05) is 11.6 Å². The van der Waals surface area contributed by atoms with Gasteiger partial charge in [0.1, 0.15) is 5.82 Å². The van der Waals surface area contributed by atoms with Crippen molar-refractivity contribution < 1.29 is 18.7 Å². The molecule has 1 amide bonds. The molecule has 29 heavy (non-hydrogen) atoms. The highest BCUT2D eigenvalue weighted by Gasteiger charge is 2.44. The molecule has 0 bridgehead atoms. The zero-order valence-corrected chi connectivity index (χ0v) is 15.9. The molecular weight excluding hydrogens is 371 g/mol. The van der Waals surface area contributed by atoms with E-state index in [1.54, 1.807) is 36.5 Å². The monoisotopic (exact) mass is 392 g/mol. The van der Waals surface area contributed by atoms with Gasteiger partial charge in [-0.25, -0.2) is 4.39 Å². The molecule has 3 aromatic rings. The first-order valence-electron chi connectivity index (χ1n) is 9.65. The molecule has 1 heterocycles. The number of hydrogen-bond acceptors (Lipinski definition) is 4. The fourth-order valence-electron chi connectivity index (χ4n) is 4.03. The number of ether oxygens (including phenoxy) is 1. The Balaban J connectivity index is 1.45. The Hall–Kier alpha value is -3.28. The van der Waals surface area contributed by atoms with Crippen molar-refractivity contribution in [2.24, 2.45) is 0 Å². The third-order valence-electron chi connectivity index (χ3n) is 5.50. The molecule has 1 aliphatic carbocycles. The lowest BCUT2D eigenvalue weighted by Crippen LogP contribution is -2.36. The van der Waals surface area contributed by atoms with Gasteiger partial charge < -0.3 is 10.1 Å². The largest absolute Gasteiger partial charge is 0.455 e. The Morgan fingerprint density at radius 2 is 1.79 bits per heavy atom. The number of anilines is 1.